The molecule has 0 aliphatic carbocycles. The third-order valence-electron chi connectivity index (χ3n) is 11.8. The molecule has 0 radical (unpaired) electrons. The van der Waals surface area contributed by atoms with Gasteiger partial charge in [-0.3, -0.25) is 24.5 Å². The third kappa shape index (κ3) is 9.93. The molecule has 4 N–H and O–H groups in total. The molecule has 9 rings (SSSR count). The van der Waals surface area contributed by atoms with Crippen LogP contribution in [-0.2, 0) is 34.3 Å². The van der Waals surface area contributed by atoms with E-state index in [1.54, 1.807) is 54.4 Å². The number of ether oxygens (including phenoxy) is 4. The lowest BCUT2D eigenvalue weighted by atomic mass is 10.00. The monoisotopic (exact) mass is 928 g/mol. The highest BCUT2D eigenvalue weighted by Crippen LogP contribution is 2.42. The van der Waals surface area contributed by atoms with E-state index < -0.39 is 30.6 Å². The minimum Gasteiger partial charge on any atom is -0.493 e. The number of hydrogen-bond acceptors (Lipinski definition) is 12. The van der Waals surface area contributed by atoms with Crippen LogP contribution in [0.5, 0.6) is 11.5 Å². The highest BCUT2D eigenvalue weighted by atomic mass is 32.1. The molecule has 18 nitrogen and oxygen atoms in total. The smallest absolute Gasteiger partial charge is 0.414 e. The van der Waals surface area contributed by atoms with Gasteiger partial charge in [0, 0.05) is 43.7 Å². The number of amides is 5. The fraction of sp³-hybridized carbons (Fsp3) is 0.312. The van der Waals surface area contributed by atoms with Crippen molar-refractivity contribution < 1.29 is 48.0 Å². The van der Waals surface area contributed by atoms with Crippen LogP contribution < -0.4 is 30.3 Å². The van der Waals surface area contributed by atoms with Crippen molar-refractivity contribution in [1.82, 2.24) is 19.4 Å². The third-order valence-corrected chi connectivity index (χ3v) is 12.8. The zero-order chi connectivity index (χ0) is 46.6. The van der Waals surface area contributed by atoms with Crippen molar-refractivity contribution in [3.05, 3.63) is 119 Å². The molecule has 2 aromatic heterocycles. The molecule has 5 heterocycles. The van der Waals surface area contributed by atoms with Gasteiger partial charge < -0.3 is 44.2 Å². The van der Waals surface area contributed by atoms with Gasteiger partial charge in [-0.2, -0.15) is 0 Å². The first-order chi connectivity index (χ1) is 32.5. The van der Waals surface area contributed by atoms with Crippen LogP contribution in [0.1, 0.15) is 81.0 Å². The molecule has 4 aromatic carbocycles. The molecule has 0 bridgehead atoms. The number of hydrogen-bond donors (Lipinski definition) is 4. The standard InChI is InChI=1S/C48H48N8O10S/c1-54-26-39(52-42(54)44(59)53-47-50-33-23-30(17-18-38(33)67-47)43(58)49-31-13-4-3-5-14-31)51-40(57)22-28-11-10-12-29(21-28)27-65-37-25-35-32(24-36(37)63-2)45(60)55-19-8-6-15-34(55)46(56(35)48(61)62)66-41-16-7-9-20-64-41/h3-5,10-14,17-18,21,23-26,34,41,46H,6-9,15-16,19-20,22,27H2,1-2H3,(H,49,58)(H,51,57)(H,61,62)(H,50,53,59)/t34-,41?,46-/m0/s1. The van der Waals surface area contributed by atoms with Crippen LogP contribution in [0.2, 0.25) is 0 Å². The molecule has 346 valence electrons. The van der Waals surface area contributed by atoms with E-state index in [-0.39, 0.29) is 65.1 Å². The van der Waals surface area contributed by atoms with Crippen molar-refractivity contribution in [2.24, 2.45) is 7.05 Å². The van der Waals surface area contributed by atoms with Gasteiger partial charge in [0.1, 0.15) is 6.61 Å². The van der Waals surface area contributed by atoms with E-state index in [1.807, 2.05) is 30.3 Å². The van der Waals surface area contributed by atoms with E-state index in [1.165, 1.54) is 41.3 Å². The van der Waals surface area contributed by atoms with E-state index in [4.69, 9.17) is 18.9 Å². The van der Waals surface area contributed by atoms with Gasteiger partial charge in [0.2, 0.25) is 11.7 Å². The van der Waals surface area contributed by atoms with Gasteiger partial charge in [0.25, 0.3) is 17.7 Å². The fourth-order valence-electron chi connectivity index (χ4n) is 8.60. The molecule has 3 aliphatic heterocycles. The number of carbonyl (C=O) groups excluding carboxylic acids is 4. The molecule has 1 unspecified atom stereocenters. The number of methoxy groups -OCH3 is 1. The molecule has 5 amide bonds. The number of anilines is 4. The number of nitrogens with zero attached hydrogens (tertiary/aromatic N) is 5. The minimum absolute atomic E-state index is 0.0222. The first-order valence-electron chi connectivity index (χ1n) is 22.0. The predicted octanol–water partition coefficient (Wildman–Crippen LogP) is 7.67. The molecular weight excluding hydrogens is 881 g/mol. The Labute approximate surface area is 388 Å². The van der Waals surface area contributed by atoms with E-state index in [0.29, 0.717) is 59.0 Å². The van der Waals surface area contributed by atoms with Gasteiger partial charge in [-0.1, -0.05) is 53.8 Å². The first-order valence-corrected chi connectivity index (χ1v) is 22.8. The van der Waals surface area contributed by atoms with Gasteiger partial charge in [-0.15, -0.1) is 0 Å². The van der Waals surface area contributed by atoms with Gasteiger partial charge in [-0.05, 0) is 86.1 Å². The van der Waals surface area contributed by atoms with Crippen molar-refractivity contribution in [2.45, 2.75) is 70.1 Å². The Bertz CT molecular complexity index is 2840. The van der Waals surface area contributed by atoms with Crippen LogP contribution in [-0.4, -0.2) is 93.1 Å². The highest BCUT2D eigenvalue weighted by Gasteiger charge is 2.46. The second-order valence-corrected chi connectivity index (χ2v) is 17.5. The fourth-order valence-corrected chi connectivity index (χ4v) is 9.44. The van der Waals surface area contributed by atoms with E-state index >= 15 is 0 Å². The lowest BCUT2D eigenvalue weighted by Crippen LogP contribution is -2.57. The second-order valence-electron chi connectivity index (χ2n) is 16.4. The highest BCUT2D eigenvalue weighted by molar-refractivity contribution is 7.22. The van der Waals surface area contributed by atoms with Crippen molar-refractivity contribution in [3.63, 3.8) is 0 Å². The average Bonchev–Trinajstić information content (AvgIpc) is 3.89. The summed E-state index contributed by atoms with van der Waals surface area (Å²) in [5.74, 6) is -0.831. The van der Waals surface area contributed by atoms with Crippen molar-refractivity contribution in [2.75, 3.05) is 41.1 Å². The number of carbonyl (C=O) groups is 5. The summed E-state index contributed by atoms with van der Waals surface area (Å²) >= 11 is 1.25. The molecule has 0 spiro atoms. The summed E-state index contributed by atoms with van der Waals surface area (Å²) in [6, 6.07) is 24.0. The van der Waals surface area contributed by atoms with Crippen LogP contribution in [0, 0.1) is 0 Å². The zero-order valence-electron chi connectivity index (χ0n) is 36.7. The zero-order valence-corrected chi connectivity index (χ0v) is 37.5. The van der Waals surface area contributed by atoms with E-state index in [2.05, 4.69) is 25.9 Å². The summed E-state index contributed by atoms with van der Waals surface area (Å²) in [6.07, 6.45) is 3.20. The number of fused-ring (bicyclic) bond motifs is 3. The summed E-state index contributed by atoms with van der Waals surface area (Å²) in [5.41, 5.74) is 3.30. The second kappa shape index (κ2) is 19.6. The van der Waals surface area contributed by atoms with Gasteiger partial charge in [0.15, 0.2) is 35.0 Å². The summed E-state index contributed by atoms with van der Waals surface area (Å²) < 4.78 is 26.5. The Hall–Kier alpha value is -7.35. The largest absolute Gasteiger partial charge is 0.493 e. The van der Waals surface area contributed by atoms with Crippen LogP contribution in [0.15, 0.2) is 91.1 Å². The summed E-state index contributed by atoms with van der Waals surface area (Å²) in [7, 11) is 3.09. The van der Waals surface area contributed by atoms with Crippen molar-refractivity contribution in [1.29, 1.82) is 0 Å². The number of imidazole rings is 1. The minimum atomic E-state index is -1.28. The maximum absolute atomic E-state index is 14.1. The summed E-state index contributed by atoms with van der Waals surface area (Å²) in [5, 5.41) is 19.4. The summed E-state index contributed by atoms with van der Waals surface area (Å²) in [4.78, 5) is 78.4. The lowest BCUT2D eigenvalue weighted by Gasteiger charge is -2.42. The van der Waals surface area contributed by atoms with Crippen molar-refractivity contribution >= 4 is 73.6 Å². The number of piperidine rings is 1. The Kier molecular flexibility index (Phi) is 13.1. The van der Waals surface area contributed by atoms with Crippen LogP contribution >= 0.6 is 11.3 Å². The number of benzene rings is 4. The van der Waals surface area contributed by atoms with Gasteiger partial charge in [-0.25, -0.2) is 19.7 Å². The average molecular weight is 929 g/mol. The SMILES string of the molecule is COc1cc2c(cc1OCc1cccc(CC(=O)Nc3cn(C)c(C(=O)Nc4nc5cc(C(=O)Nc6ccccc6)ccc5s4)n3)c1)N(C(=O)O)[C@@H](OC1CCCCO1)[C@@H]1CCCCN1C2=O. The summed E-state index contributed by atoms with van der Waals surface area (Å²) in [6.45, 7) is 0.997. The quantitative estimate of drug-likeness (QED) is 0.0878. The molecule has 3 atom stereocenters. The molecule has 3 aliphatic rings. The van der Waals surface area contributed by atoms with Crippen LogP contribution in [0.25, 0.3) is 10.2 Å². The first kappa shape index (κ1) is 44.8. The lowest BCUT2D eigenvalue weighted by molar-refractivity contribution is -0.198. The normalized spacial score (nSPS) is 18.1. The Morgan fingerprint density at radius 1 is 0.866 bits per heavy atom. The molecule has 0 saturated carbocycles. The molecular formula is C48H48N8O10S. The van der Waals surface area contributed by atoms with E-state index in [0.717, 1.165) is 35.3 Å². The number of thiazole rings is 1. The Morgan fingerprint density at radius 2 is 1.69 bits per heavy atom. The number of carboxylic acid groups (broad SMARTS) is 1. The number of para-hydroxylation sites is 1. The van der Waals surface area contributed by atoms with Crippen LogP contribution in [0.4, 0.5) is 27.1 Å². The number of rotatable bonds is 13. The molecule has 2 fully saturated rings. The van der Waals surface area contributed by atoms with E-state index in [9.17, 15) is 29.1 Å². The van der Waals surface area contributed by atoms with Gasteiger partial charge in [0.05, 0.1) is 41.0 Å². The Balaban J connectivity index is 0.847. The molecule has 67 heavy (non-hydrogen) atoms. The number of nitrogens with one attached hydrogen (secondary N) is 3. The van der Waals surface area contributed by atoms with Gasteiger partial charge >= 0.3 is 6.09 Å². The maximum atomic E-state index is 14.1. The molecule has 19 heteroatoms. The molecule has 2 saturated heterocycles. The number of aryl methyl sites for hydroxylation is 1. The number of aromatic nitrogens is 3. The van der Waals surface area contributed by atoms with Crippen molar-refractivity contribution in [3.8, 4) is 11.5 Å². The topological polar surface area (TPSA) is 216 Å². The van der Waals surface area contributed by atoms with Crippen LogP contribution in [0.3, 0.4) is 0 Å². The Morgan fingerprint density at radius 3 is 2.48 bits per heavy atom. The maximum Gasteiger partial charge on any atom is 0.414 e. The molecule has 6 aromatic rings. The predicted molar refractivity (Wildman–Crippen MR) is 249 cm³/mol.